The molecule has 0 aliphatic rings. The molecule has 0 unspecified atom stereocenters. The van der Waals surface area contributed by atoms with Crippen molar-refractivity contribution < 1.29 is 8.78 Å². The van der Waals surface area contributed by atoms with E-state index in [1.54, 1.807) is 6.92 Å². The maximum absolute atomic E-state index is 13.9. The highest BCUT2D eigenvalue weighted by molar-refractivity contribution is 5.95. The van der Waals surface area contributed by atoms with Crippen LogP contribution in [0.1, 0.15) is 11.3 Å². The highest BCUT2D eigenvalue weighted by atomic mass is 19.2. The highest BCUT2D eigenvalue weighted by Crippen LogP contribution is 2.32. The lowest BCUT2D eigenvalue weighted by Crippen LogP contribution is -2.02. The van der Waals surface area contributed by atoms with Crippen LogP contribution in [-0.4, -0.2) is 9.97 Å². The summed E-state index contributed by atoms with van der Waals surface area (Å²) < 4.78 is 27.3. The van der Waals surface area contributed by atoms with Gasteiger partial charge in [-0.1, -0.05) is 6.07 Å². The van der Waals surface area contributed by atoms with Gasteiger partial charge in [-0.3, -0.25) is 4.98 Å². The second-order valence-corrected chi connectivity index (χ2v) is 4.92. The number of nitrogens with two attached hydrogens (primary N) is 1. The van der Waals surface area contributed by atoms with E-state index in [4.69, 9.17) is 5.73 Å². The van der Waals surface area contributed by atoms with E-state index in [0.29, 0.717) is 22.5 Å². The summed E-state index contributed by atoms with van der Waals surface area (Å²) in [6, 6.07) is 8.02. The third-order valence-corrected chi connectivity index (χ3v) is 3.46. The van der Waals surface area contributed by atoms with Crippen LogP contribution in [0.3, 0.4) is 0 Å². The minimum absolute atomic E-state index is 0.0175. The van der Waals surface area contributed by atoms with E-state index in [-0.39, 0.29) is 11.1 Å². The zero-order valence-electron chi connectivity index (χ0n) is 11.6. The monoisotopic (exact) mass is 285 g/mol. The second kappa shape index (κ2) is 4.77. The van der Waals surface area contributed by atoms with Crippen LogP contribution < -0.4 is 5.73 Å². The summed E-state index contributed by atoms with van der Waals surface area (Å²) >= 11 is 0. The molecular weight excluding hydrogens is 272 g/mol. The molecule has 21 heavy (non-hydrogen) atoms. The number of rotatable bonds is 1. The number of fused-ring (bicyclic) bond motifs is 1. The van der Waals surface area contributed by atoms with Gasteiger partial charge in [-0.15, -0.1) is 0 Å². The summed E-state index contributed by atoms with van der Waals surface area (Å²) in [4.78, 5) is 8.81. The van der Waals surface area contributed by atoms with Gasteiger partial charge in [0.15, 0.2) is 11.6 Å². The molecule has 0 saturated carbocycles. The quantitative estimate of drug-likeness (QED) is 0.740. The summed E-state index contributed by atoms with van der Waals surface area (Å²) in [6.45, 7) is 3.60. The summed E-state index contributed by atoms with van der Waals surface area (Å²) in [5.74, 6) is -1.90. The fraction of sp³-hybridized carbons (Fsp3) is 0.125. The molecule has 3 rings (SSSR count). The van der Waals surface area contributed by atoms with Crippen molar-refractivity contribution in [2.75, 3.05) is 5.73 Å². The molecule has 5 heteroatoms. The average molecular weight is 285 g/mol. The van der Waals surface area contributed by atoms with Gasteiger partial charge in [-0.05, 0) is 38.1 Å². The largest absolute Gasteiger partial charge is 0.398 e. The molecule has 1 aromatic carbocycles. The van der Waals surface area contributed by atoms with E-state index in [1.165, 1.54) is 6.07 Å². The van der Waals surface area contributed by atoms with Crippen LogP contribution in [0.15, 0.2) is 30.3 Å². The predicted octanol–water partition coefficient (Wildman–Crippen LogP) is 3.77. The molecule has 2 N–H and O–H groups in total. The van der Waals surface area contributed by atoms with E-state index < -0.39 is 11.6 Å². The first-order chi connectivity index (χ1) is 9.99. The molecular formula is C16H13F2N3. The van der Waals surface area contributed by atoms with Crippen LogP contribution in [0, 0.1) is 25.5 Å². The second-order valence-electron chi connectivity index (χ2n) is 4.92. The van der Waals surface area contributed by atoms with Gasteiger partial charge in [0, 0.05) is 16.9 Å². The first-order valence-electron chi connectivity index (χ1n) is 6.47. The molecule has 0 saturated heterocycles. The van der Waals surface area contributed by atoms with E-state index >= 15 is 0 Å². The zero-order chi connectivity index (χ0) is 15.1. The van der Waals surface area contributed by atoms with E-state index in [2.05, 4.69) is 9.97 Å². The van der Waals surface area contributed by atoms with Crippen LogP contribution >= 0.6 is 0 Å². The fourth-order valence-electron chi connectivity index (χ4n) is 2.33. The van der Waals surface area contributed by atoms with Crippen LogP contribution in [-0.2, 0) is 0 Å². The highest BCUT2D eigenvalue weighted by Gasteiger charge is 2.17. The zero-order valence-corrected chi connectivity index (χ0v) is 11.6. The van der Waals surface area contributed by atoms with Gasteiger partial charge in [-0.2, -0.15) is 0 Å². The Kier molecular flexibility index (Phi) is 3.05. The topological polar surface area (TPSA) is 51.8 Å². The van der Waals surface area contributed by atoms with Crippen molar-refractivity contribution in [1.82, 2.24) is 9.97 Å². The van der Waals surface area contributed by atoms with Gasteiger partial charge < -0.3 is 5.73 Å². The minimum Gasteiger partial charge on any atom is -0.398 e. The average Bonchev–Trinajstić information content (AvgIpc) is 2.46. The molecule has 0 aliphatic carbocycles. The summed E-state index contributed by atoms with van der Waals surface area (Å²) in [5, 5.41) is 0.0175. The predicted molar refractivity (Wildman–Crippen MR) is 78.8 cm³/mol. The van der Waals surface area contributed by atoms with Crippen LogP contribution in [0.25, 0.3) is 22.3 Å². The lowest BCUT2D eigenvalue weighted by Gasteiger charge is -2.12. The molecule has 0 amide bonds. The normalized spacial score (nSPS) is 11.0. The number of halogens is 2. The molecule has 3 nitrogen and oxygen atoms in total. The van der Waals surface area contributed by atoms with Crippen molar-refractivity contribution in [2.24, 2.45) is 0 Å². The Balaban J connectivity index is 2.37. The molecule has 3 aromatic rings. The molecule has 2 aromatic heterocycles. The Morgan fingerprint density at radius 3 is 2.48 bits per heavy atom. The van der Waals surface area contributed by atoms with Crippen molar-refractivity contribution >= 4 is 16.6 Å². The summed E-state index contributed by atoms with van der Waals surface area (Å²) in [5.41, 5.74) is 9.16. The Labute approximate surface area is 120 Å². The number of aromatic nitrogens is 2. The smallest absolute Gasteiger partial charge is 0.170 e. The number of hydrogen-bond donors (Lipinski definition) is 1. The number of pyridine rings is 2. The first kappa shape index (κ1) is 13.4. The molecule has 0 bridgehead atoms. The molecule has 0 spiro atoms. The van der Waals surface area contributed by atoms with Gasteiger partial charge in [-0.25, -0.2) is 13.8 Å². The lowest BCUT2D eigenvalue weighted by molar-refractivity contribution is 0.517. The van der Waals surface area contributed by atoms with Gasteiger partial charge >= 0.3 is 0 Å². The van der Waals surface area contributed by atoms with Crippen molar-refractivity contribution in [3.8, 4) is 11.4 Å². The Morgan fingerprint density at radius 2 is 1.76 bits per heavy atom. The summed E-state index contributed by atoms with van der Waals surface area (Å²) in [6.07, 6.45) is 0. The van der Waals surface area contributed by atoms with Crippen molar-refractivity contribution in [1.29, 1.82) is 0 Å². The molecule has 106 valence electrons. The maximum Gasteiger partial charge on any atom is 0.170 e. The first-order valence-corrected chi connectivity index (χ1v) is 6.47. The van der Waals surface area contributed by atoms with Gasteiger partial charge in [0.25, 0.3) is 0 Å². The van der Waals surface area contributed by atoms with Crippen LogP contribution in [0.2, 0.25) is 0 Å². The number of aryl methyl sites for hydroxylation is 1. The number of anilines is 1. The Bertz CT molecular complexity index is 860. The number of hydrogen-bond acceptors (Lipinski definition) is 3. The van der Waals surface area contributed by atoms with Crippen molar-refractivity contribution in [2.45, 2.75) is 13.8 Å². The van der Waals surface area contributed by atoms with E-state index in [1.807, 2.05) is 25.1 Å². The maximum atomic E-state index is 13.9. The lowest BCUT2D eigenvalue weighted by atomic mass is 10.0. The van der Waals surface area contributed by atoms with Gasteiger partial charge in [0.2, 0.25) is 0 Å². The third kappa shape index (κ3) is 2.11. The minimum atomic E-state index is -0.968. The summed E-state index contributed by atoms with van der Waals surface area (Å²) in [7, 11) is 0. The number of nitrogens with zero attached hydrogens (tertiary/aromatic N) is 2. The Morgan fingerprint density at radius 1 is 1.00 bits per heavy atom. The van der Waals surface area contributed by atoms with E-state index in [9.17, 15) is 8.78 Å². The van der Waals surface area contributed by atoms with Crippen molar-refractivity contribution in [3.05, 3.63) is 53.2 Å². The van der Waals surface area contributed by atoms with Crippen LogP contribution in [0.4, 0.5) is 14.5 Å². The number of benzene rings is 1. The van der Waals surface area contributed by atoms with Gasteiger partial charge in [0.1, 0.15) is 0 Å². The molecule has 0 aliphatic heterocycles. The third-order valence-electron chi connectivity index (χ3n) is 3.46. The van der Waals surface area contributed by atoms with Crippen LogP contribution in [0.5, 0.6) is 0 Å². The molecule has 0 atom stereocenters. The molecule has 0 radical (unpaired) electrons. The van der Waals surface area contributed by atoms with E-state index in [0.717, 1.165) is 11.8 Å². The van der Waals surface area contributed by atoms with Gasteiger partial charge in [0.05, 0.1) is 22.3 Å². The fourth-order valence-corrected chi connectivity index (χ4v) is 2.33. The standard InChI is InChI=1S/C16H13F2N3/c1-8-4-3-5-12(20-8)16-9(2)15(19)13-11(21-16)7-6-10(17)14(13)18/h3-7H,1-2H3,(H2,19,21). The SMILES string of the molecule is Cc1cccc(-c2nc3ccc(F)c(F)c3c(N)c2C)n1. The number of nitrogen functional groups attached to an aromatic ring is 1. The molecule has 2 heterocycles. The van der Waals surface area contributed by atoms with Crippen molar-refractivity contribution in [3.63, 3.8) is 0 Å². The molecule has 0 fully saturated rings. The Hall–Kier alpha value is -2.56.